The zero-order valence-corrected chi connectivity index (χ0v) is 9.26. The largest absolute Gasteiger partial charge is 0.482 e. The summed E-state index contributed by atoms with van der Waals surface area (Å²) in [5.41, 5.74) is 1.20. The SMILES string of the molecule is Clc1nc(C2Cc3ccccc3O2)ns1. The van der Waals surface area contributed by atoms with Crippen LogP contribution in [-0.2, 0) is 6.42 Å². The van der Waals surface area contributed by atoms with Crippen molar-refractivity contribution in [2.24, 2.45) is 0 Å². The molecule has 0 N–H and O–H groups in total. The van der Waals surface area contributed by atoms with E-state index >= 15 is 0 Å². The number of hydrogen-bond acceptors (Lipinski definition) is 4. The molecule has 1 aromatic heterocycles. The van der Waals surface area contributed by atoms with E-state index in [4.69, 9.17) is 16.3 Å². The van der Waals surface area contributed by atoms with Crippen LogP contribution in [0.2, 0.25) is 4.47 Å². The van der Waals surface area contributed by atoms with E-state index in [0.717, 1.165) is 12.2 Å². The lowest BCUT2D eigenvalue weighted by Crippen LogP contribution is -2.04. The van der Waals surface area contributed by atoms with Crippen LogP contribution in [0.3, 0.4) is 0 Å². The van der Waals surface area contributed by atoms with Gasteiger partial charge in [-0.15, -0.1) is 0 Å². The number of aromatic nitrogens is 2. The first-order valence-electron chi connectivity index (χ1n) is 4.56. The van der Waals surface area contributed by atoms with Gasteiger partial charge in [0.15, 0.2) is 11.9 Å². The number of para-hydroxylation sites is 1. The smallest absolute Gasteiger partial charge is 0.203 e. The Morgan fingerprint density at radius 1 is 1.40 bits per heavy atom. The summed E-state index contributed by atoms with van der Waals surface area (Å²) in [6, 6.07) is 7.99. The maximum Gasteiger partial charge on any atom is 0.203 e. The van der Waals surface area contributed by atoms with Crippen molar-refractivity contribution in [3.63, 3.8) is 0 Å². The fourth-order valence-electron chi connectivity index (χ4n) is 1.67. The molecule has 0 saturated heterocycles. The number of halogens is 1. The Morgan fingerprint density at radius 2 is 2.27 bits per heavy atom. The molecule has 0 bridgehead atoms. The highest BCUT2D eigenvalue weighted by atomic mass is 35.5. The Labute approximate surface area is 95.9 Å². The second kappa shape index (κ2) is 3.47. The highest BCUT2D eigenvalue weighted by Gasteiger charge is 2.27. The van der Waals surface area contributed by atoms with Gasteiger partial charge in [-0.25, -0.2) is 4.98 Å². The molecule has 2 heterocycles. The zero-order chi connectivity index (χ0) is 10.3. The van der Waals surface area contributed by atoms with E-state index in [-0.39, 0.29) is 6.10 Å². The average molecular weight is 239 g/mol. The molecular weight excluding hydrogens is 232 g/mol. The van der Waals surface area contributed by atoms with Crippen LogP contribution in [-0.4, -0.2) is 9.36 Å². The van der Waals surface area contributed by atoms with Gasteiger partial charge in [0, 0.05) is 6.42 Å². The van der Waals surface area contributed by atoms with Gasteiger partial charge in [-0.3, -0.25) is 0 Å². The third-order valence-corrected chi connectivity index (χ3v) is 3.16. The molecule has 1 unspecified atom stereocenters. The Morgan fingerprint density at radius 3 is 3.00 bits per heavy atom. The van der Waals surface area contributed by atoms with Crippen molar-refractivity contribution >= 4 is 23.1 Å². The standard InChI is InChI=1S/C10H7ClN2OS/c11-10-12-9(13-15-10)8-5-6-3-1-2-4-7(6)14-8/h1-4,8H,5H2. The fraction of sp³-hybridized carbons (Fsp3) is 0.200. The molecule has 1 aliphatic heterocycles. The van der Waals surface area contributed by atoms with E-state index in [9.17, 15) is 0 Å². The molecule has 1 aliphatic rings. The third-order valence-electron chi connectivity index (χ3n) is 2.35. The molecule has 3 nitrogen and oxygen atoms in total. The van der Waals surface area contributed by atoms with E-state index < -0.39 is 0 Å². The molecular formula is C10H7ClN2OS. The van der Waals surface area contributed by atoms with E-state index in [1.807, 2.05) is 18.2 Å². The van der Waals surface area contributed by atoms with Gasteiger partial charge in [0.1, 0.15) is 5.75 Å². The Balaban J connectivity index is 1.90. The molecule has 15 heavy (non-hydrogen) atoms. The van der Waals surface area contributed by atoms with E-state index in [1.54, 1.807) is 0 Å². The second-order valence-electron chi connectivity index (χ2n) is 3.32. The van der Waals surface area contributed by atoms with Crippen LogP contribution in [0.25, 0.3) is 0 Å². The zero-order valence-electron chi connectivity index (χ0n) is 7.68. The monoisotopic (exact) mass is 238 g/mol. The topological polar surface area (TPSA) is 35.0 Å². The predicted molar refractivity (Wildman–Crippen MR) is 58.4 cm³/mol. The van der Waals surface area contributed by atoms with Crippen molar-refractivity contribution in [1.29, 1.82) is 0 Å². The highest BCUT2D eigenvalue weighted by Crippen LogP contribution is 2.35. The molecule has 0 spiro atoms. The number of ether oxygens (including phenoxy) is 1. The summed E-state index contributed by atoms with van der Waals surface area (Å²) in [6.07, 6.45) is 0.745. The molecule has 1 aromatic carbocycles. The number of fused-ring (bicyclic) bond motifs is 1. The van der Waals surface area contributed by atoms with Crippen LogP contribution in [0, 0.1) is 0 Å². The average Bonchev–Trinajstić information content (AvgIpc) is 2.82. The van der Waals surface area contributed by atoms with Gasteiger partial charge < -0.3 is 4.74 Å². The van der Waals surface area contributed by atoms with Gasteiger partial charge in [-0.2, -0.15) is 4.37 Å². The van der Waals surface area contributed by atoms with Gasteiger partial charge in [-0.05, 0) is 34.8 Å². The normalized spacial score (nSPS) is 18.6. The summed E-state index contributed by atoms with van der Waals surface area (Å²) in [5, 5.41) is 0. The van der Waals surface area contributed by atoms with Crippen molar-refractivity contribution in [2.75, 3.05) is 0 Å². The molecule has 0 amide bonds. The highest BCUT2D eigenvalue weighted by molar-refractivity contribution is 7.10. The molecule has 3 rings (SSSR count). The lowest BCUT2D eigenvalue weighted by atomic mass is 10.1. The summed E-state index contributed by atoms with van der Waals surface area (Å²) < 4.78 is 10.3. The van der Waals surface area contributed by atoms with Gasteiger partial charge >= 0.3 is 0 Å². The molecule has 2 aromatic rings. The molecule has 0 aliphatic carbocycles. The van der Waals surface area contributed by atoms with Crippen molar-refractivity contribution in [1.82, 2.24) is 9.36 Å². The van der Waals surface area contributed by atoms with E-state index in [2.05, 4.69) is 15.4 Å². The molecule has 1 atom stereocenters. The van der Waals surface area contributed by atoms with Crippen molar-refractivity contribution in [3.8, 4) is 5.75 Å². The Hall–Kier alpha value is -1.13. The predicted octanol–water partition coefficient (Wildman–Crippen LogP) is 2.87. The third kappa shape index (κ3) is 1.60. The maximum absolute atomic E-state index is 5.74. The molecule has 0 saturated carbocycles. The molecule has 76 valence electrons. The molecule has 5 heteroatoms. The van der Waals surface area contributed by atoms with Crippen molar-refractivity contribution in [3.05, 3.63) is 40.1 Å². The van der Waals surface area contributed by atoms with Crippen molar-refractivity contribution < 1.29 is 4.74 Å². The number of hydrogen-bond donors (Lipinski definition) is 0. The summed E-state index contributed by atoms with van der Waals surface area (Å²) >= 11 is 6.93. The van der Waals surface area contributed by atoms with Gasteiger partial charge in [0.05, 0.1) is 0 Å². The lowest BCUT2D eigenvalue weighted by Gasteiger charge is -2.04. The van der Waals surface area contributed by atoms with Crippen LogP contribution in [0.15, 0.2) is 24.3 Å². The minimum Gasteiger partial charge on any atom is -0.482 e. The van der Waals surface area contributed by atoms with Gasteiger partial charge in [-0.1, -0.05) is 18.2 Å². The van der Waals surface area contributed by atoms with Crippen molar-refractivity contribution in [2.45, 2.75) is 12.5 Å². The summed E-state index contributed by atoms with van der Waals surface area (Å²) in [6.45, 7) is 0. The van der Waals surface area contributed by atoms with Gasteiger partial charge in [0.2, 0.25) is 4.47 Å². The van der Waals surface area contributed by atoms with Crippen LogP contribution < -0.4 is 4.74 Å². The quantitative estimate of drug-likeness (QED) is 0.766. The fourth-order valence-corrected chi connectivity index (χ4v) is 2.32. The summed E-state index contributed by atoms with van der Waals surface area (Å²) in [7, 11) is 0. The minimum absolute atomic E-state index is 0.0776. The van der Waals surface area contributed by atoms with Gasteiger partial charge in [0.25, 0.3) is 0 Å². The Bertz CT molecular complexity index is 475. The summed E-state index contributed by atoms with van der Waals surface area (Å²) in [4.78, 5) is 4.12. The van der Waals surface area contributed by atoms with Crippen LogP contribution in [0.4, 0.5) is 0 Å². The second-order valence-corrected chi connectivity index (χ2v) is 4.66. The molecule has 0 fully saturated rings. The first-order chi connectivity index (χ1) is 7.33. The summed E-state index contributed by atoms with van der Waals surface area (Å²) in [5.74, 6) is 1.61. The first kappa shape index (κ1) is 9.12. The van der Waals surface area contributed by atoms with Crippen LogP contribution >= 0.6 is 23.1 Å². The lowest BCUT2D eigenvalue weighted by molar-refractivity contribution is 0.229. The van der Waals surface area contributed by atoms with Crippen LogP contribution in [0.1, 0.15) is 17.5 Å². The number of rotatable bonds is 1. The maximum atomic E-state index is 5.74. The molecule has 0 radical (unpaired) electrons. The van der Waals surface area contributed by atoms with Crippen LogP contribution in [0.5, 0.6) is 5.75 Å². The Kier molecular flexibility index (Phi) is 2.11. The van der Waals surface area contributed by atoms with E-state index in [1.165, 1.54) is 17.1 Å². The number of benzene rings is 1. The minimum atomic E-state index is -0.0776. The first-order valence-corrected chi connectivity index (χ1v) is 5.72. The number of nitrogens with zero attached hydrogens (tertiary/aromatic N) is 2. The van der Waals surface area contributed by atoms with E-state index in [0.29, 0.717) is 10.3 Å².